The van der Waals surface area contributed by atoms with Gasteiger partial charge in [0.25, 0.3) is 11.6 Å². The molecule has 0 aromatic heterocycles. The Morgan fingerprint density at radius 1 is 1.11 bits per heavy atom. The fourth-order valence-electron chi connectivity index (χ4n) is 1.80. The summed E-state index contributed by atoms with van der Waals surface area (Å²) >= 11 is 6.23. The third kappa shape index (κ3) is 6.18. The maximum absolute atomic E-state index is 13.2. The van der Waals surface area contributed by atoms with Gasteiger partial charge >= 0.3 is 6.03 Å². The van der Waals surface area contributed by atoms with Crippen LogP contribution < -0.4 is 20.9 Å². The molecule has 0 spiro atoms. The lowest BCUT2D eigenvalue weighted by Crippen LogP contribution is -2.45. The number of carbonyl (C=O) groups excluding carboxylic acids is 2. The lowest BCUT2D eigenvalue weighted by molar-refractivity contribution is -0.384. The molecular formula is C15H11Br2FN4O5. The van der Waals surface area contributed by atoms with E-state index >= 15 is 0 Å². The molecule has 2 aromatic rings. The van der Waals surface area contributed by atoms with Crippen LogP contribution in [0.25, 0.3) is 0 Å². The molecular weight excluding hydrogens is 495 g/mol. The molecule has 2 rings (SSSR count). The number of anilines is 1. The fourth-order valence-corrected chi connectivity index (χ4v) is 3.16. The zero-order valence-electron chi connectivity index (χ0n) is 13.3. The van der Waals surface area contributed by atoms with E-state index in [2.05, 4.69) is 48.0 Å². The van der Waals surface area contributed by atoms with Crippen molar-refractivity contribution in [1.29, 1.82) is 0 Å². The van der Waals surface area contributed by atoms with Crippen molar-refractivity contribution in [3.05, 3.63) is 61.3 Å². The van der Waals surface area contributed by atoms with Gasteiger partial charge in [0, 0.05) is 17.8 Å². The second-order valence-electron chi connectivity index (χ2n) is 4.92. The minimum Gasteiger partial charge on any atom is -0.481 e. The molecule has 27 heavy (non-hydrogen) atoms. The summed E-state index contributed by atoms with van der Waals surface area (Å²) < 4.78 is 19.1. The number of rotatable bonds is 5. The fraction of sp³-hybridized carbons (Fsp3) is 0.0667. The number of hydrazine groups is 1. The lowest BCUT2D eigenvalue weighted by Gasteiger charge is -2.12. The van der Waals surface area contributed by atoms with Crippen LogP contribution in [0.1, 0.15) is 0 Å². The summed E-state index contributed by atoms with van der Waals surface area (Å²) in [6.07, 6.45) is 0. The van der Waals surface area contributed by atoms with Crippen molar-refractivity contribution < 1.29 is 23.6 Å². The molecule has 3 amide bonds. The lowest BCUT2D eigenvalue weighted by atomic mass is 10.3. The highest BCUT2D eigenvalue weighted by Gasteiger charge is 2.12. The van der Waals surface area contributed by atoms with Gasteiger partial charge in [-0.3, -0.25) is 20.3 Å². The van der Waals surface area contributed by atoms with Gasteiger partial charge in [0.15, 0.2) is 6.61 Å². The number of nitro benzene ring substituents is 1. The van der Waals surface area contributed by atoms with Gasteiger partial charge in [-0.15, -0.1) is 0 Å². The number of benzene rings is 2. The van der Waals surface area contributed by atoms with E-state index in [-0.39, 0.29) is 11.4 Å². The Balaban J connectivity index is 1.80. The number of halogens is 3. The highest BCUT2D eigenvalue weighted by molar-refractivity contribution is 9.11. The number of urea groups is 1. The molecule has 0 radical (unpaired) electrons. The van der Waals surface area contributed by atoms with Crippen LogP contribution in [0.2, 0.25) is 0 Å². The average molecular weight is 506 g/mol. The summed E-state index contributed by atoms with van der Waals surface area (Å²) in [7, 11) is 0. The Hall–Kier alpha value is -2.73. The first-order chi connectivity index (χ1) is 12.8. The molecule has 0 unspecified atom stereocenters. The third-order valence-electron chi connectivity index (χ3n) is 2.96. The van der Waals surface area contributed by atoms with Crippen molar-refractivity contribution in [2.45, 2.75) is 0 Å². The maximum atomic E-state index is 13.2. The van der Waals surface area contributed by atoms with Crippen LogP contribution in [0.4, 0.5) is 20.6 Å². The molecule has 142 valence electrons. The average Bonchev–Trinajstić information content (AvgIpc) is 2.59. The molecule has 0 heterocycles. The summed E-state index contributed by atoms with van der Waals surface area (Å²) in [5, 5.41) is 12.9. The number of ether oxygens (including phenoxy) is 1. The van der Waals surface area contributed by atoms with E-state index in [1.165, 1.54) is 36.4 Å². The van der Waals surface area contributed by atoms with E-state index in [9.17, 15) is 24.1 Å². The van der Waals surface area contributed by atoms with Gasteiger partial charge < -0.3 is 10.1 Å². The summed E-state index contributed by atoms with van der Waals surface area (Å²) in [6, 6.07) is 6.71. The zero-order chi connectivity index (χ0) is 20.0. The van der Waals surface area contributed by atoms with Gasteiger partial charge in [-0.25, -0.2) is 14.6 Å². The Morgan fingerprint density at radius 3 is 2.26 bits per heavy atom. The molecule has 0 bridgehead atoms. The van der Waals surface area contributed by atoms with Crippen LogP contribution in [0.5, 0.6) is 5.75 Å². The second-order valence-corrected chi connectivity index (χ2v) is 6.63. The summed E-state index contributed by atoms with van der Waals surface area (Å²) in [6.45, 7) is -0.444. The number of carbonyl (C=O) groups is 2. The van der Waals surface area contributed by atoms with Gasteiger partial charge in [0.05, 0.1) is 13.9 Å². The van der Waals surface area contributed by atoms with Crippen molar-refractivity contribution in [3.8, 4) is 5.75 Å². The van der Waals surface area contributed by atoms with E-state index < -0.39 is 29.3 Å². The van der Waals surface area contributed by atoms with Gasteiger partial charge in [-0.05, 0) is 56.1 Å². The van der Waals surface area contributed by atoms with E-state index in [1.54, 1.807) is 0 Å². The van der Waals surface area contributed by atoms with Gasteiger partial charge in [-0.2, -0.15) is 0 Å². The summed E-state index contributed by atoms with van der Waals surface area (Å²) in [4.78, 5) is 33.4. The third-order valence-corrected chi connectivity index (χ3v) is 4.14. The molecule has 0 saturated carbocycles. The minimum absolute atomic E-state index is 0.121. The Bertz CT molecular complexity index is 856. The quantitative estimate of drug-likeness (QED) is 0.424. The highest BCUT2D eigenvalue weighted by Crippen LogP contribution is 2.34. The number of nitrogens with zero attached hydrogens (tertiary/aromatic N) is 1. The number of non-ortho nitro benzene ring substituents is 1. The number of amides is 3. The van der Waals surface area contributed by atoms with E-state index in [4.69, 9.17) is 4.74 Å². The molecule has 0 aliphatic heterocycles. The standard InChI is InChI=1S/C15H11Br2FN4O5/c16-11-5-8(18)6-12(17)14(11)27-7-13(23)20-21-15(24)19-9-1-3-10(4-2-9)22(25)26/h1-6H,7H2,(H,20,23)(H2,19,21,24). The molecule has 0 aliphatic carbocycles. The monoisotopic (exact) mass is 504 g/mol. The van der Waals surface area contributed by atoms with E-state index in [1.807, 2.05) is 0 Å². The van der Waals surface area contributed by atoms with E-state index in [0.29, 0.717) is 14.6 Å². The number of nitrogens with one attached hydrogen (secondary N) is 3. The minimum atomic E-state index is -0.763. The van der Waals surface area contributed by atoms with Crippen LogP contribution in [0, 0.1) is 15.9 Å². The molecule has 2 aromatic carbocycles. The second kappa shape index (κ2) is 9.28. The zero-order valence-corrected chi connectivity index (χ0v) is 16.5. The molecule has 0 fully saturated rings. The van der Waals surface area contributed by atoms with E-state index in [0.717, 1.165) is 0 Å². The van der Waals surface area contributed by atoms with Gasteiger partial charge in [0.1, 0.15) is 11.6 Å². The van der Waals surface area contributed by atoms with Crippen molar-refractivity contribution in [1.82, 2.24) is 10.9 Å². The van der Waals surface area contributed by atoms with Crippen molar-refractivity contribution in [3.63, 3.8) is 0 Å². The Labute approximate surface area is 168 Å². The number of nitro groups is 1. The normalized spacial score (nSPS) is 10.0. The summed E-state index contributed by atoms with van der Waals surface area (Å²) in [5.74, 6) is -0.936. The predicted octanol–water partition coefficient (Wildman–Crippen LogP) is 3.49. The van der Waals surface area contributed by atoms with Gasteiger partial charge in [0.2, 0.25) is 0 Å². The molecule has 0 aliphatic rings. The topological polar surface area (TPSA) is 123 Å². The maximum Gasteiger partial charge on any atom is 0.337 e. The van der Waals surface area contributed by atoms with Gasteiger partial charge in [-0.1, -0.05) is 0 Å². The molecule has 9 nitrogen and oxygen atoms in total. The predicted molar refractivity (Wildman–Crippen MR) is 101 cm³/mol. The Kier molecular flexibility index (Phi) is 7.07. The summed E-state index contributed by atoms with van der Waals surface area (Å²) in [5.41, 5.74) is 4.38. The largest absolute Gasteiger partial charge is 0.481 e. The SMILES string of the molecule is O=C(COc1c(Br)cc(F)cc1Br)NNC(=O)Nc1ccc([N+](=O)[O-])cc1. The molecule has 0 saturated heterocycles. The first kappa shape index (κ1) is 20.6. The Morgan fingerprint density at radius 2 is 1.70 bits per heavy atom. The van der Waals surface area contributed by atoms with Crippen LogP contribution in [-0.2, 0) is 4.79 Å². The van der Waals surface area contributed by atoms with Crippen LogP contribution in [0.3, 0.4) is 0 Å². The smallest absolute Gasteiger partial charge is 0.337 e. The van der Waals surface area contributed by atoms with Crippen LogP contribution in [-0.4, -0.2) is 23.5 Å². The molecule has 0 atom stereocenters. The van der Waals surface area contributed by atoms with Crippen LogP contribution in [0.15, 0.2) is 45.3 Å². The van der Waals surface area contributed by atoms with Crippen molar-refractivity contribution in [2.24, 2.45) is 0 Å². The number of hydrogen-bond donors (Lipinski definition) is 3. The number of hydrogen-bond acceptors (Lipinski definition) is 5. The van der Waals surface area contributed by atoms with Crippen LogP contribution >= 0.6 is 31.9 Å². The van der Waals surface area contributed by atoms with Crippen molar-refractivity contribution >= 4 is 55.2 Å². The first-order valence-electron chi connectivity index (χ1n) is 7.14. The molecule has 3 N–H and O–H groups in total. The highest BCUT2D eigenvalue weighted by atomic mass is 79.9. The van der Waals surface area contributed by atoms with Crippen molar-refractivity contribution in [2.75, 3.05) is 11.9 Å². The molecule has 12 heteroatoms. The first-order valence-corrected chi connectivity index (χ1v) is 8.72.